The quantitative estimate of drug-likeness (QED) is 0.909. The summed E-state index contributed by atoms with van der Waals surface area (Å²) < 4.78 is 0. The summed E-state index contributed by atoms with van der Waals surface area (Å²) in [6.07, 6.45) is 2.31. The summed E-state index contributed by atoms with van der Waals surface area (Å²) in [6, 6.07) is 6.22. The molecule has 2 amide bonds. The van der Waals surface area contributed by atoms with Crippen molar-refractivity contribution in [1.29, 1.82) is 0 Å². The smallest absolute Gasteiger partial charge is 0.227 e. The lowest BCUT2D eigenvalue weighted by molar-refractivity contribution is -0.126. The lowest BCUT2D eigenvalue weighted by atomic mass is 10.1. The van der Waals surface area contributed by atoms with Crippen molar-refractivity contribution in [3.05, 3.63) is 29.3 Å². The Morgan fingerprint density at radius 3 is 2.77 bits per heavy atom. The molecule has 4 heteroatoms. The van der Waals surface area contributed by atoms with E-state index in [1.165, 1.54) is 5.56 Å². The van der Waals surface area contributed by atoms with Crippen molar-refractivity contribution in [2.75, 3.05) is 11.4 Å². The number of nitrogens with one attached hydrogen (secondary N) is 1. The molecular weight excluding hydrogens is 276 g/mol. The minimum Gasteiger partial charge on any atom is -0.353 e. The van der Waals surface area contributed by atoms with Gasteiger partial charge >= 0.3 is 0 Å². The van der Waals surface area contributed by atoms with E-state index in [4.69, 9.17) is 0 Å². The largest absolute Gasteiger partial charge is 0.353 e. The van der Waals surface area contributed by atoms with Crippen LogP contribution in [0.15, 0.2) is 18.2 Å². The summed E-state index contributed by atoms with van der Waals surface area (Å²) in [5.74, 6) is -0.204. The number of rotatable bonds is 5. The third-order valence-electron chi connectivity index (χ3n) is 4.25. The summed E-state index contributed by atoms with van der Waals surface area (Å²) >= 11 is 0. The van der Waals surface area contributed by atoms with Crippen LogP contribution in [-0.4, -0.2) is 24.4 Å². The average molecular weight is 302 g/mol. The van der Waals surface area contributed by atoms with Crippen LogP contribution in [0.3, 0.4) is 0 Å². The molecule has 1 fully saturated rings. The summed E-state index contributed by atoms with van der Waals surface area (Å²) in [5, 5.41) is 3.02. The van der Waals surface area contributed by atoms with Crippen molar-refractivity contribution in [1.82, 2.24) is 5.32 Å². The second kappa shape index (κ2) is 6.95. The molecule has 1 N–H and O–H groups in total. The number of hydrogen-bond acceptors (Lipinski definition) is 2. The van der Waals surface area contributed by atoms with Gasteiger partial charge in [0.15, 0.2) is 0 Å². The van der Waals surface area contributed by atoms with Crippen LogP contribution >= 0.6 is 0 Å². The lowest BCUT2D eigenvalue weighted by Gasteiger charge is -2.20. The topological polar surface area (TPSA) is 49.4 Å². The zero-order valence-corrected chi connectivity index (χ0v) is 14.0. The Bertz CT molecular complexity index is 568. The Hall–Kier alpha value is -1.84. The number of hydrogen-bond donors (Lipinski definition) is 1. The predicted molar refractivity (Wildman–Crippen MR) is 88.9 cm³/mol. The maximum Gasteiger partial charge on any atom is 0.227 e. The van der Waals surface area contributed by atoms with Gasteiger partial charge in [-0.1, -0.05) is 31.0 Å². The Labute approximate surface area is 132 Å². The molecule has 2 unspecified atom stereocenters. The Morgan fingerprint density at radius 2 is 2.14 bits per heavy atom. The number of amides is 2. The number of anilines is 1. The normalized spacial score (nSPS) is 19.4. The number of nitrogens with zero attached hydrogens (tertiary/aromatic N) is 1. The SMILES string of the molecule is CCCC(C)NC(=O)C1CC(=O)N(c2ccc(C)cc2C)C1. The molecule has 22 heavy (non-hydrogen) atoms. The highest BCUT2D eigenvalue weighted by atomic mass is 16.2. The molecule has 1 aromatic carbocycles. The maximum atomic E-state index is 12.3. The number of carbonyl (C=O) groups excluding carboxylic acids is 2. The zero-order chi connectivity index (χ0) is 16.3. The number of benzene rings is 1. The van der Waals surface area contributed by atoms with Gasteiger partial charge in [0.25, 0.3) is 0 Å². The van der Waals surface area contributed by atoms with Crippen molar-refractivity contribution >= 4 is 17.5 Å². The third kappa shape index (κ3) is 3.67. The number of carbonyl (C=O) groups is 2. The van der Waals surface area contributed by atoms with Gasteiger partial charge in [0.1, 0.15) is 0 Å². The molecule has 1 saturated heterocycles. The lowest BCUT2D eigenvalue weighted by Crippen LogP contribution is -2.38. The van der Waals surface area contributed by atoms with Gasteiger partial charge in [-0.25, -0.2) is 0 Å². The highest BCUT2D eigenvalue weighted by Gasteiger charge is 2.35. The molecule has 2 atom stereocenters. The van der Waals surface area contributed by atoms with Gasteiger partial charge in [0.2, 0.25) is 11.8 Å². The molecule has 0 saturated carbocycles. The third-order valence-corrected chi connectivity index (χ3v) is 4.25. The first kappa shape index (κ1) is 16.5. The van der Waals surface area contributed by atoms with Gasteiger partial charge in [-0.2, -0.15) is 0 Å². The van der Waals surface area contributed by atoms with Gasteiger partial charge in [0.05, 0.1) is 5.92 Å². The standard InChI is InChI=1S/C18H26N2O2/c1-5-6-14(4)19-18(22)15-10-17(21)20(11-15)16-8-7-12(2)9-13(16)3/h7-9,14-15H,5-6,10-11H2,1-4H3,(H,19,22). The molecule has 4 nitrogen and oxygen atoms in total. The fourth-order valence-corrected chi connectivity index (χ4v) is 3.09. The molecule has 0 bridgehead atoms. The van der Waals surface area contributed by atoms with Crippen molar-refractivity contribution in [2.45, 2.75) is 53.0 Å². The van der Waals surface area contributed by atoms with E-state index in [9.17, 15) is 9.59 Å². The first-order chi connectivity index (χ1) is 10.4. The molecule has 0 aromatic heterocycles. The van der Waals surface area contributed by atoms with Crippen LogP contribution in [0.5, 0.6) is 0 Å². The molecule has 0 spiro atoms. The van der Waals surface area contributed by atoms with Crippen molar-refractivity contribution in [2.24, 2.45) is 5.92 Å². The van der Waals surface area contributed by atoms with Crippen LogP contribution in [0, 0.1) is 19.8 Å². The summed E-state index contributed by atoms with van der Waals surface area (Å²) in [6.45, 7) is 8.64. The van der Waals surface area contributed by atoms with Crippen LogP contribution in [0.1, 0.15) is 44.2 Å². The molecule has 1 aliphatic heterocycles. The van der Waals surface area contributed by atoms with Gasteiger partial charge in [-0.15, -0.1) is 0 Å². The van der Waals surface area contributed by atoms with Gasteiger partial charge in [-0.05, 0) is 38.8 Å². The first-order valence-electron chi connectivity index (χ1n) is 8.10. The molecule has 120 valence electrons. The Kier molecular flexibility index (Phi) is 5.22. The average Bonchev–Trinajstić information content (AvgIpc) is 2.81. The fraction of sp³-hybridized carbons (Fsp3) is 0.556. The van der Waals surface area contributed by atoms with E-state index in [0.29, 0.717) is 13.0 Å². The van der Waals surface area contributed by atoms with E-state index < -0.39 is 0 Å². The van der Waals surface area contributed by atoms with Crippen molar-refractivity contribution < 1.29 is 9.59 Å². The molecule has 2 rings (SSSR count). The van der Waals surface area contributed by atoms with Gasteiger partial charge < -0.3 is 10.2 Å². The highest BCUT2D eigenvalue weighted by molar-refractivity contribution is 6.00. The maximum absolute atomic E-state index is 12.3. The monoisotopic (exact) mass is 302 g/mol. The van der Waals surface area contributed by atoms with E-state index >= 15 is 0 Å². The van der Waals surface area contributed by atoms with Gasteiger partial charge in [0, 0.05) is 24.7 Å². The Morgan fingerprint density at radius 1 is 1.41 bits per heavy atom. The summed E-state index contributed by atoms with van der Waals surface area (Å²) in [4.78, 5) is 26.3. The van der Waals surface area contributed by atoms with Gasteiger partial charge in [-0.3, -0.25) is 9.59 Å². The molecule has 0 radical (unpaired) electrons. The zero-order valence-electron chi connectivity index (χ0n) is 14.0. The van der Waals surface area contributed by atoms with Crippen LogP contribution < -0.4 is 10.2 Å². The van der Waals surface area contributed by atoms with Crippen LogP contribution in [0.2, 0.25) is 0 Å². The summed E-state index contributed by atoms with van der Waals surface area (Å²) in [7, 11) is 0. The minimum absolute atomic E-state index is 0.00145. The fourth-order valence-electron chi connectivity index (χ4n) is 3.09. The number of aryl methyl sites for hydroxylation is 2. The van der Waals surface area contributed by atoms with Crippen molar-refractivity contribution in [3.63, 3.8) is 0 Å². The van der Waals surface area contributed by atoms with Crippen LogP contribution in [0.4, 0.5) is 5.69 Å². The minimum atomic E-state index is -0.243. The van der Waals surface area contributed by atoms with Crippen LogP contribution in [-0.2, 0) is 9.59 Å². The second-order valence-corrected chi connectivity index (χ2v) is 6.39. The van der Waals surface area contributed by atoms with Crippen LogP contribution in [0.25, 0.3) is 0 Å². The van der Waals surface area contributed by atoms with Crippen molar-refractivity contribution in [3.8, 4) is 0 Å². The van der Waals surface area contributed by atoms with E-state index in [1.807, 2.05) is 32.9 Å². The molecular formula is C18H26N2O2. The molecule has 0 aliphatic carbocycles. The first-order valence-corrected chi connectivity index (χ1v) is 8.10. The van der Waals surface area contributed by atoms with E-state index in [0.717, 1.165) is 24.1 Å². The molecule has 1 aromatic rings. The van der Waals surface area contributed by atoms with E-state index in [-0.39, 0.29) is 23.8 Å². The highest BCUT2D eigenvalue weighted by Crippen LogP contribution is 2.28. The molecule has 1 heterocycles. The van der Waals surface area contributed by atoms with E-state index in [1.54, 1.807) is 4.90 Å². The predicted octanol–water partition coefficient (Wildman–Crippen LogP) is 2.96. The summed E-state index contributed by atoms with van der Waals surface area (Å²) in [5.41, 5.74) is 3.18. The van der Waals surface area contributed by atoms with E-state index in [2.05, 4.69) is 18.3 Å². The second-order valence-electron chi connectivity index (χ2n) is 6.39. The molecule has 1 aliphatic rings. The Balaban J connectivity index is 2.06.